The molecule has 0 aliphatic rings. The van der Waals surface area contributed by atoms with Crippen LogP contribution >= 0.6 is 0 Å². The summed E-state index contributed by atoms with van der Waals surface area (Å²) in [7, 11) is 1.89. The predicted octanol–water partition coefficient (Wildman–Crippen LogP) is 0.851. The topological polar surface area (TPSA) is 68.0 Å². The molecule has 14 heavy (non-hydrogen) atoms. The summed E-state index contributed by atoms with van der Waals surface area (Å²) in [6.07, 6.45) is 2.56. The number of nitrogens with two attached hydrogens (primary N) is 1. The number of nitrogens with zero attached hydrogens (tertiary/aromatic N) is 1. The van der Waals surface area contributed by atoms with Gasteiger partial charge in [-0.2, -0.15) is 0 Å². The van der Waals surface area contributed by atoms with Crippen molar-refractivity contribution in [3.63, 3.8) is 0 Å². The highest BCUT2D eigenvalue weighted by Crippen LogP contribution is 2.15. The second-order valence-corrected chi connectivity index (χ2v) is 3.09. The summed E-state index contributed by atoms with van der Waals surface area (Å²) in [5.41, 5.74) is 6.50. The first kappa shape index (κ1) is 10.7. The van der Waals surface area contributed by atoms with Crippen LogP contribution in [0.5, 0.6) is 0 Å². The van der Waals surface area contributed by atoms with E-state index in [9.17, 15) is 4.79 Å². The number of carbonyl (C=O) groups excluding carboxylic acids is 1. The lowest BCUT2D eigenvalue weighted by atomic mass is 10.1. The van der Waals surface area contributed by atoms with Crippen LogP contribution in [0.1, 0.15) is 35.4 Å². The van der Waals surface area contributed by atoms with Crippen molar-refractivity contribution >= 4 is 5.91 Å². The van der Waals surface area contributed by atoms with E-state index < -0.39 is 5.91 Å². The average Bonchev–Trinajstić information content (AvgIpc) is 2.20. The summed E-state index contributed by atoms with van der Waals surface area (Å²) in [6, 6.07) is 3.86. The first-order valence-corrected chi connectivity index (χ1v) is 4.62. The number of amides is 1. The summed E-state index contributed by atoms with van der Waals surface area (Å²) in [6.45, 7) is 2.07. The Kier molecular flexibility index (Phi) is 3.59. The molecule has 0 aromatic carbocycles. The van der Waals surface area contributed by atoms with Crippen molar-refractivity contribution in [1.82, 2.24) is 10.3 Å². The van der Waals surface area contributed by atoms with Crippen LogP contribution in [-0.4, -0.2) is 17.9 Å². The normalized spacial score (nSPS) is 12.4. The van der Waals surface area contributed by atoms with E-state index in [4.69, 9.17) is 5.73 Å². The van der Waals surface area contributed by atoms with Gasteiger partial charge in [0.15, 0.2) is 0 Å². The summed E-state index contributed by atoms with van der Waals surface area (Å²) >= 11 is 0. The maximum Gasteiger partial charge on any atom is 0.267 e. The highest BCUT2D eigenvalue weighted by molar-refractivity contribution is 5.90. The molecule has 0 fully saturated rings. The van der Waals surface area contributed by atoms with E-state index in [1.807, 2.05) is 13.1 Å². The number of hydrogen-bond acceptors (Lipinski definition) is 3. The fourth-order valence-corrected chi connectivity index (χ4v) is 1.40. The molecular weight excluding hydrogens is 178 g/mol. The van der Waals surface area contributed by atoms with Gasteiger partial charge in [-0.05, 0) is 31.2 Å². The van der Waals surface area contributed by atoms with Crippen LogP contribution in [0.2, 0.25) is 0 Å². The molecule has 1 aromatic rings. The highest BCUT2D eigenvalue weighted by Gasteiger charge is 2.09. The molecule has 1 rings (SSSR count). The standard InChI is InChI=1S/C10H15N3O/c1-3-8(12-2)7-4-5-13-9(6-7)10(11)14/h4-6,8,12H,3H2,1-2H3,(H2,11,14)/t8-/m0/s1. The molecule has 0 aliphatic heterocycles. The fraction of sp³-hybridized carbons (Fsp3) is 0.400. The van der Waals surface area contributed by atoms with Crippen LogP contribution in [0.25, 0.3) is 0 Å². The van der Waals surface area contributed by atoms with E-state index in [0.717, 1.165) is 12.0 Å². The monoisotopic (exact) mass is 193 g/mol. The van der Waals surface area contributed by atoms with Gasteiger partial charge in [0.1, 0.15) is 5.69 Å². The molecule has 3 N–H and O–H groups in total. The molecule has 4 heteroatoms. The molecule has 0 radical (unpaired) electrons. The Labute approximate surface area is 83.5 Å². The van der Waals surface area contributed by atoms with Crippen LogP contribution in [-0.2, 0) is 0 Å². The Morgan fingerprint density at radius 1 is 1.71 bits per heavy atom. The zero-order chi connectivity index (χ0) is 10.6. The molecule has 1 aromatic heterocycles. The zero-order valence-electron chi connectivity index (χ0n) is 8.45. The third kappa shape index (κ3) is 2.29. The Morgan fingerprint density at radius 2 is 2.43 bits per heavy atom. The zero-order valence-corrected chi connectivity index (χ0v) is 8.45. The maximum atomic E-state index is 10.9. The summed E-state index contributed by atoms with van der Waals surface area (Å²) < 4.78 is 0. The van der Waals surface area contributed by atoms with Gasteiger partial charge in [0.25, 0.3) is 5.91 Å². The lowest BCUT2D eigenvalue weighted by Crippen LogP contribution is -2.18. The lowest BCUT2D eigenvalue weighted by molar-refractivity contribution is 0.0995. The number of hydrogen-bond donors (Lipinski definition) is 2. The van der Waals surface area contributed by atoms with E-state index in [2.05, 4.69) is 17.2 Å². The van der Waals surface area contributed by atoms with Crippen LogP contribution < -0.4 is 11.1 Å². The molecule has 1 amide bonds. The molecule has 4 nitrogen and oxygen atoms in total. The molecule has 0 spiro atoms. The van der Waals surface area contributed by atoms with Crippen molar-refractivity contribution < 1.29 is 4.79 Å². The molecule has 0 aliphatic carbocycles. The van der Waals surface area contributed by atoms with Gasteiger partial charge < -0.3 is 11.1 Å². The fourth-order valence-electron chi connectivity index (χ4n) is 1.40. The molecule has 0 saturated heterocycles. The molecule has 76 valence electrons. The predicted molar refractivity (Wildman–Crippen MR) is 54.8 cm³/mol. The van der Waals surface area contributed by atoms with E-state index in [1.54, 1.807) is 12.3 Å². The van der Waals surface area contributed by atoms with Gasteiger partial charge >= 0.3 is 0 Å². The highest BCUT2D eigenvalue weighted by atomic mass is 16.1. The van der Waals surface area contributed by atoms with E-state index in [1.165, 1.54) is 0 Å². The molecular formula is C10H15N3O. The summed E-state index contributed by atoms with van der Waals surface area (Å²) in [4.78, 5) is 14.8. The van der Waals surface area contributed by atoms with Crippen molar-refractivity contribution in [2.75, 3.05) is 7.05 Å². The Morgan fingerprint density at radius 3 is 2.93 bits per heavy atom. The number of rotatable bonds is 4. The van der Waals surface area contributed by atoms with Gasteiger partial charge in [-0.15, -0.1) is 0 Å². The van der Waals surface area contributed by atoms with Crippen LogP contribution in [0, 0.1) is 0 Å². The van der Waals surface area contributed by atoms with Crippen LogP contribution in [0.3, 0.4) is 0 Å². The minimum atomic E-state index is -0.488. The third-order valence-corrected chi connectivity index (χ3v) is 2.20. The Balaban J connectivity index is 2.98. The second kappa shape index (κ2) is 4.72. The van der Waals surface area contributed by atoms with Gasteiger partial charge in [-0.1, -0.05) is 6.92 Å². The third-order valence-electron chi connectivity index (χ3n) is 2.20. The van der Waals surface area contributed by atoms with E-state index >= 15 is 0 Å². The van der Waals surface area contributed by atoms with Gasteiger partial charge in [0.2, 0.25) is 0 Å². The molecule has 0 unspecified atom stereocenters. The lowest BCUT2D eigenvalue weighted by Gasteiger charge is -2.14. The molecule has 1 heterocycles. The average molecular weight is 193 g/mol. The van der Waals surface area contributed by atoms with Gasteiger partial charge in [-0.3, -0.25) is 9.78 Å². The van der Waals surface area contributed by atoms with E-state index in [0.29, 0.717) is 5.69 Å². The van der Waals surface area contributed by atoms with Gasteiger partial charge in [-0.25, -0.2) is 0 Å². The van der Waals surface area contributed by atoms with Gasteiger partial charge in [0, 0.05) is 12.2 Å². The number of carbonyl (C=O) groups is 1. The van der Waals surface area contributed by atoms with Crippen LogP contribution in [0.4, 0.5) is 0 Å². The second-order valence-electron chi connectivity index (χ2n) is 3.09. The smallest absolute Gasteiger partial charge is 0.267 e. The van der Waals surface area contributed by atoms with Crippen molar-refractivity contribution in [2.45, 2.75) is 19.4 Å². The number of nitrogens with one attached hydrogen (secondary N) is 1. The summed E-state index contributed by atoms with van der Waals surface area (Å²) in [5.74, 6) is -0.488. The minimum absolute atomic E-state index is 0.246. The SMILES string of the molecule is CC[C@H](NC)c1ccnc(C(N)=O)c1. The minimum Gasteiger partial charge on any atom is -0.364 e. The van der Waals surface area contributed by atoms with Crippen molar-refractivity contribution in [3.05, 3.63) is 29.6 Å². The first-order chi connectivity index (χ1) is 6.69. The largest absolute Gasteiger partial charge is 0.364 e. The molecule has 0 saturated carbocycles. The Bertz CT molecular complexity index is 321. The molecule has 0 bridgehead atoms. The maximum absolute atomic E-state index is 10.9. The van der Waals surface area contributed by atoms with Crippen molar-refractivity contribution in [2.24, 2.45) is 5.73 Å². The van der Waals surface area contributed by atoms with Gasteiger partial charge in [0.05, 0.1) is 0 Å². The number of aromatic nitrogens is 1. The van der Waals surface area contributed by atoms with E-state index in [-0.39, 0.29) is 6.04 Å². The first-order valence-electron chi connectivity index (χ1n) is 4.62. The quantitative estimate of drug-likeness (QED) is 0.745. The Hall–Kier alpha value is -1.42. The van der Waals surface area contributed by atoms with Crippen LogP contribution in [0.15, 0.2) is 18.3 Å². The number of pyridine rings is 1. The molecule has 1 atom stereocenters. The summed E-state index contributed by atoms with van der Waals surface area (Å²) in [5, 5.41) is 3.15. The number of primary amides is 1. The van der Waals surface area contributed by atoms with Crippen molar-refractivity contribution in [1.29, 1.82) is 0 Å². The van der Waals surface area contributed by atoms with Crippen molar-refractivity contribution in [3.8, 4) is 0 Å².